The van der Waals surface area contributed by atoms with Crippen LogP contribution in [0.5, 0.6) is 0 Å². The van der Waals surface area contributed by atoms with Crippen LogP contribution in [0.15, 0.2) is 24.3 Å². The van der Waals surface area contributed by atoms with E-state index in [0.29, 0.717) is 10.6 Å². The summed E-state index contributed by atoms with van der Waals surface area (Å²) >= 11 is 5.73. The summed E-state index contributed by atoms with van der Waals surface area (Å²) in [6, 6.07) is 5.49. The normalized spacial score (nSPS) is 11.5. The number of amides is 1. The smallest absolute Gasteiger partial charge is 0.326 e. The third-order valence-corrected chi connectivity index (χ3v) is 2.77. The van der Waals surface area contributed by atoms with E-state index in [9.17, 15) is 14.4 Å². The number of nitrogens with one attached hydrogen (secondary N) is 1. The molecule has 6 nitrogen and oxygen atoms in total. The second-order valence-corrected chi connectivity index (χ2v) is 4.48. The van der Waals surface area contributed by atoms with E-state index in [0.717, 1.165) is 7.11 Å². The highest BCUT2D eigenvalue weighted by Crippen LogP contribution is 2.11. The number of carbonyl (C=O) groups excluding carboxylic acids is 2. The van der Waals surface area contributed by atoms with Gasteiger partial charge in [0, 0.05) is 11.4 Å². The molecule has 0 aliphatic carbocycles. The van der Waals surface area contributed by atoms with Crippen molar-refractivity contribution in [2.24, 2.45) is 0 Å². The van der Waals surface area contributed by atoms with E-state index < -0.39 is 30.3 Å². The molecule has 2 N–H and O–H groups in total. The fraction of sp³-hybridized carbons (Fsp3) is 0.308. The van der Waals surface area contributed by atoms with E-state index in [4.69, 9.17) is 16.7 Å². The lowest BCUT2D eigenvalue weighted by Gasteiger charge is -2.14. The summed E-state index contributed by atoms with van der Waals surface area (Å²) < 4.78 is 4.33. The number of ether oxygens (including phenoxy) is 1. The van der Waals surface area contributed by atoms with Crippen molar-refractivity contribution < 1.29 is 24.2 Å². The number of carbonyl (C=O) groups is 3. The molecule has 20 heavy (non-hydrogen) atoms. The Kier molecular flexibility index (Phi) is 5.99. The molecule has 108 valence electrons. The molecule has 1 amide bonds. The first-order valence-electron chi connectivity index (χ1n) is 5.75. The molecule has 0 saturated heterocycles. The van der Waals surface area contributed by atoms with Gasteiger partial charge in [0.15, 0.2) is 0 Å². The fourth-order valence-electron chi connectivity index (χ4n) is 1.50. The number of aliphatic carboxylic acids is 1. The van der Waals surface area contributed by atoms with E-state index in [2.05, 4.69) is 10.1 Å². The Morgan fingerprint density at radius 2 is 1.90 bits per heavy atom. The van der Waals surface area contributed by atoms with Gasteiger partial charge in [-0.3, -0.25) is 9.59 Å². The van der Waals surface area contributed by atoms with Gasteiger partial charge in [-0.2, -0.15) is 0 Å². The zero-order chi connectivity index (χ0) is 15.1. The van der Waals surface area contributed by atoms with Gasteiger partial charge in [0.05, 0.1) is 7.11 Å². The zero-order valence-electron chi connectivity index (χ0n) is 10.8. The van der Waals surface area contributed by atoms with Gasteiger partial charge in [0.2, 0.25) is 5.91 Å². The summed E-state index contributed by atoms with van der Waals surface area (Å²) in [7, 11) is 1.15. The van der Waals surface area contributed by atoms with Crippen LogP contribution in [0, 0.1) is 0 Å². The molecule has 0 aliphatic heterocycles. The summed E-state index contributed by atoms with van der Waals surface area (Å²) in [6.45, 7) is 0. The third-order valence-electron chi connectivity index (χ3n) is 2.52. The van der Waals surface area contributed by atoms with Gasteiger partial charge in [0.25, 0.3) is 0 Å². The number of carboxylic acid groups (broad SMARTS) is 1. The van der Waals surface area contributed by atoms with Crippen LogP contribution in [0.1, 0.15) is 12.0 Å². The van der Waals surface area contributed by atoms with Gasteiger partial charge in [0.1, 0.15) is 12.5 Å². The van der Waals surface area contributed by atoms with Crippen LogP contribution in [-0.4, -0.2) is 36.1 Å². The summed E-state index contributed by atoms with van der Waals surface area (Å²) in [4.78, 5) is 33.5. The van der Waals surface area contributed by atoms with Crippen LogP contribution in [0.3, 0.4) is 0 Å². The quantitative estimate of drug-likeness (QED) is 0.604. The molecule has 0 spiro atoms. The Morgan fingerprint density at radius 1 is 1.30 bits per heavy atom. The van der Waals surface area contributed by atoms with Crippen molar-refractivity contribution in [3.63, 3.8) is 0 Å². The Labute approximate surface area is 120 Å². The monoisotopic (exact) mass is 299 g/mol. The molecule has 0 radical (unpaired) electrons. The minimum Gasteiger partial charge on any atom is -0.480 e. The van der Waals surface area contributed by atoms with Crippen LogP contribution >= 0.6 is 11.6 Å². The summed E-state index contributed by atoms with van der Waals surface area (Å²) in [5, 5.41) is 11.9. The predicted molar refractivity (Wildman–Crippen MR) is 71.4 cm³/mol. The molecule has 0 fully saturated rings. The number of halogens is 1. The Morgan fingerprint density at radius 3 is 2.40 bits per heavy atom. The Balaban J connectivity index is 2.65. The molecular weight excluding hydrogens is 286 g/mol. The average Bonchev–Trinajstić information content (AvgIpc) is 2.40. The van der Waals surface area contributed by atoms with Crippen molar-refractivity contribution in [1.29, 1.82) is 0 Å². The third kappa shape index (κ3) is 5.27. The number of esters is 1. The fourth-order valence-corrected chi connectivity index (χ4v) is 1.63. The maximum absolute atomic E-state index is 11.5. The Bertz CT molecular complexity index is 500. The lowest BCUT2D eigenvalue weighted by molar-refractivity contribution is -0.146. The molecule has 1 rings (SSSR count). The average molecular weight is 300 g/mol. The molecule has 1 atom stereocenters. The number of benzene rings is 1. The molecule has 0 aromatic heterocycles. The van der Waals surface area contributed by atoms with Crippen molar-refractivity contribution in [3.05, 3.63) is 34.9 Å². The second-order valence-electron chi connectivity index (χ2n) is 4.04. The van der Waals surface area contributed by atoms with Gasteiger partial charge in [-0.1, -0.05) is 23.7 Å². The van der Waals surface area contributed by atoms with Crippen LogP contribution < -0.4 is 5.32 Å². The summed E-state index contributed by atoms with van der Waals surface area (Å²) in [6.07, 6.45) is -0.416. The van der Waals surface area contributed by atoms with Crippen molar-refractivity contribution in [3.8, 4) is 0 Å². The van der Waals surface area contributed by atoms with Crippen LogP contribution in [0.4, 0.5) is 0 Å². The summed E-state index contributed by atoms with van der Waals surface area (Å²) in [5.41, 5.74) is 0.708. The van der Waals surface area contributed by atoms with Crippen molar-refractivity contribution in [1.82, 2.24) is 5.32 Å². The number of methoxy groups -OCH3 is 1. The largest absolute Gasteiger partial charge is 0.480 e. The molecule has 0 aliphatic rings. The number of rotatable bonds is 6. The Hall–Kier alpha value is -2.08. The van der Waals surface area contributed by atoms with E-state index in [1.165, 1.54) is 0 Å². The van der Waals surface area contributed by atoms with E-state index in [1.54, 1.807) is 24.3 Å². The molecule has 0 heterocycles. The molecule has 7 heteroatoms. The van der Waals surface area contributed by atoms with Crippen molar-refractivity contribution in [2.45, 2.75) is 18.9 Å². The first-order chi connectivity index (χ1) is 9.42. The molecular formula is C13H14ClNO5. The lowest BCUT2D eigenvalue weighted by atomic mass is 10.1. The van der Waals surface area contributed by atoms with Gasteiger partial charge < -0.3 is 15.2 Å². The lowest BCUT2D eigenvalue weighted by Crippen LogP contribution is -2.43. The highest BCUT2D eigenvalue weighted by atomic mass is 35.5. The first-order valence-corrected chi connectivity index (χ1v) is 6.13. The number of carboxylic acids is 1. The topological polar surface area (TPSA) is 92.7 Å². The minimum absolute atomic E-state index is 0.0966. The molecule has 0 bridgehead atoms. The molecule has 0 saturated carbocycles. The van der Waals surface area contributed by atoms with E-state index in [-0.39, 0.29) is 6.42 Å². The maximum Gasteiger partial charge on any atom is 0.326 e. The number of hydrogen-bond donors (Lipinski definition) is 2. The summed E-state index contributed by atoms with van der Waals surface area (Å²) in [5.74, 6) is -2.60. The molecule has 1 unspecified atom stereocenters. The van der Waals surface area contributed by atoms with Gasteiger partial charge in [-0.05, 0) is 17.7 Å². The zero-order valence-corrected chi connectivity index (χ0v) is 11.5. The van der Waals surface area contributed by atoms with Crippen LogP contribution in [0.2, 0.25) is 5.02 Å². The minimum atomic E-state index is -1.18. The van der Waals surface area contributed by atoms with Crippen LogP contribution in [0.25, 0.3) is 0 Å². The van der Waals surface area contributed by atoms with Crippen LogP contribution in [-0.2, 0) is 25.5 Å². The van der Waals surface area contributed by atoms with Gasteiger partial charge >= 0.3 is 11.9 Å². The highest BCUT2D eigenvalue weighted by Gasteiger charge is 2.21. The highest BCUT2D eigenvalue weighted by molar-refractivity contribution is 6.30. The van der Waals surface area contributed by atoms with Crippen molar-refractivity contribution in [2.75, 3.05) is 7.11 Å². The second kappa shape index (κ2) is 7.49. The molecule has 1 aromatic rings. The SMILES string of the molecule is COC(=O)CC(=O)NC(Cc1ccc(Cl)cc1)C(=O)O. The van der Waals surface area contributed by atoms with Gasteiger partial charge in [-0.15, -0.1) is 0 Å². The standard InChI is InChI=1S/C13H14ClNO5/c1-20-12(17)7-11(16)15-10(13(18)19)6-8-2-4-9(14)5-3-8/h2-5,10H,6-7H2,1H3,(H,15,16)(H,18,19). The number of hydrogen-bond acceptors (Lipinski definition) is 4. The molecule has 1 aromatic carbocycles. The maximum atomic E-state index is 11.5. The van der Waals surface area contributed by atoms with E-state index in [1.807, 2.05) is 0 Å². The van der Waals surface area contributed by atoms with Gasteiger partial charge in [-0.25, -0.2) is 4.79 Å². The van der Waals surface area contributed by atoms with Crippen molar-refractivity contribution >= 4 is 29.4 Å². The first kappa shape index (κ1) is 16.0. The van der Waals surface area contributed by atoms with E-state index >= 15 is 0 Å². The predicted octanol–water partition coefficient (Wildman–Crippen LogP) is 1.01.